The number of hydrogen-bond acceptors (Lipinski definition) is 5. The van der Waals surface area contributed by atoms with Crippen molar-refractivity contribution in [2.45, 2.75) is 12.5 Å². The first-order chi connectivity index (χ1) is 9.90. The Balaban J connectivity index is 0.00000161. The Morgan fingerprint density at radius 3 is 2.71 bits per heavy atom. The van der Waals surface area contributed by atoms with E-state index in [-0.39, 0.29) is 25.1 Å². The van der Waals surface area contributed by atoms with Crippen LogP contribution in [-0.4, -0.2) is 56.0 Å². The molecule has 2 aliphatic heterocycles. The maximum Gasteiger partial charge on any atom is 0.166 e. The molecular weight excluding hydrogens is 292 g/mol. The summed E-state index contributed by atoms with van der Waals surface area (Å²) in [6, 6.07) is 6.25. The van der Waals surface area contributed by atoms with Crippen LogP contribution in [0.5, 0.6) is 11.5 Å². The van der Waals surface area contributed by atoms with Gasteiger partial charge in [0.05, 0.1) is 0 Å². The number of aliphatic hydroxyl groups is 1. The van der Waals surface area contributed by atoms with Crippen molar-refractivity contribution in [3.8, 4) is 11.5 Å². The quantitative estimate of drug-likeness (QED) is 0.875. The van der Waals surface area contributed by atoms with Crippen molar-refractivity contribution in [3.63, 3.8) is 0 Å². The van der Waals surface area contributed by atoms with E-state index in [1.54, 1.807) is 0 Å². The monoisotopic (exact) mass is 314 g/mol. The van der Waals surface area contributed by atoms with Crippen molar-refractivity contribution < 1.29 is 14.6 Å². The summed E-state index contributed by atoms with van der Waals surface area (Å²) in [6.07, 6.45) is 0.722. The third-order valence-corrected chi connectivity index (χ3v) is 3.95. The fraction of sp³-hybridized carbons (Fsp3) is 0.600. The number of nitrogens with one attached hydrogen (secondary N) is 1. The van der Waals surface area contributed by atoms with Crippen LogP contribution in [0.1, 0.15) is 18.0 Å². The van der Waals surface area contributed by atoms with Gasteiger partial charge in [-0.25, -0.2) is 0 Å². The van der Waals surface area contributed by atoms with Crippen LogP contribution in [0.15, 0.2) is 18.2 Å². The summed E-state index contributed by atoms with van der Waals surface area (Å²) in [6.45, 7) is 5.36. The van der Waals surface area contributed by atoms with Crippen LogP contribution in [-0.2, 0) is 0 Å². The van der Waals surface area contributed by atoms with Crippen LogP contribution in [0.25, 0.3) is 0 Å². The Bertz CT molecular complexity index is 453. The maximum atomic E-state index is 9.42. The summed E-state index contributed by atoms with van der Waals surface area (Å²) < 4.78 is 11.5. The van der Waals surface area contributed by atoms with Crippen LogP contribution in [0, 0.1) is 0 Å². The molecule has 1 aromatic rings. The minimum Gasteiger partial charge on any atom is -0.486 e. The molecule has 21 heavy (non-hydrogen) atoms. The van der Waals surface area contributed by atoms with Gasteiger partial charge in [-0.05, 0) is 12.5 Å². The van der Waals surface area contributed by atoms with Crippen LogP contribution < -0.4 is 14.8 Å². The molecule has 5 nitrogen and oxygen atoms in total. The highest BCUT2D eigenvalue weighted by atomic mass is 35.5. The Morgan fingerprint density at radius 2 is 1.95 bits per heavy atom. The van der Waals surface area contributed by atoms with E-state index in [0.29, 0.717) is 13.2 Å². The highest BCUT2D eigenvalue weighted by Crippen LogP contribution is 2.40. The molecule has 2 N–H and O–H groups in total. The molecule has 6 heteroatoms. The number of fused-ring (bicyclic) bond motifs is 1. The highest BCUT2D eigenvalue weighted by molar-refractivity contribution is 5.85. The molecule has 118 valence electrons. The van der Waals surface area contributed by atoms with E-state index in [1.165, 1.54) is 0 Å². The third kappa shape index (κ3) is 3.61. The van der Waals surface area contributed by atoms with Gasteiger partial charge in [0.25, 0.3) is 0 Å². The summed E-state index contributed by atoms with van der Waals surface area (Å²) in [7, 11) is 0. The Hall–Kier alpha value is -1.01. The first-order valence-electron chi connectivity index (χ1n) is 7.34. The first kappa shape index (κ1) is 16.4. The summed E-state index contributed by atoms with van der Waals surface area (Å²) >= 11 is 0. The van der Waals surface area contributed by atoms with Gasteiger partial charge in [0.1, 0.15) is 13.2 Å². The average Bonchev–Trinajstić information content (AvgIpc) is 2.53. The summed E-state index contributed by atoms with van der Waals surface area (Å²) in [5.41, 5.74) is 1.14. The van der Waals surface area contributed by atoms with Crippen LogP contribution in [0.3, 0.4) is 0 Å². The van der Waals surface area contributed by atoms with Gasteiger partial charge in [0.2, 0.25) is 0 Å². The molecule has 0 aromatic heterocycles. The lowest BCUT2D eigenvalue weighted by Gasteiger charge is -2.36. The van der Waals surface area contributed by atoms with E-state index in [1.807, 2.05) is 12.1 Å². The molecule has 2 aliphatic rings. The molecule has 2 heterocycles. The van der Waals surface area contributed by atoms with Crippen LogP contribution in [0.4, 0.5) is 0 Å². The highest BCUT2D eigenvalue weighted by Gasteiger charge is 2.27. The van der Waals surface area contributed by atoms with Crippen molar-refractivity contribution >= 4 is 12.4 Å². The lowest BCUT2D eigenvalue weighted by atomic mass is 9.99. The second kappa shape index (κ2) is 7.84. The molecule has 3 rings (SSSR count). The average molecular weight is 315 g/mol. The predicted molar refractivity (Wildman–Crippen MR) is 83.6 cm³/mol. The molecule has 0 spiro atoms. The van der Waals surface area contributed by atoms with E-state index >= 15 is 0 Å². The number of rotatable bonds is 4. The van der Waals surface area contributed by atoms with Gasteiger partial charge in [-0.2, -0.15) is 0 Å². The fourth-order valence-electron chi connectivity index (χ4n) is 3.01. The molecule has 1 saturated heterocycles. The molecule has 0 radical (unpaired) electrons. The summed E-state index contributed by atoms with van der Waals surface area (Å²) in [4.78, 5) is 2.42. The minimum atomic E-state index is 0. The SMILES string of the molecule is Cl.OCC[C@@H](c1cccc2c1OCCO2)N1CCNCC1. The Kier molecular flexibility index (Phi) is 6.11. The smallest absolute Gasteiger partial charge is 0.166 e. The lowest BCUT2D eigenvalue weighted by Crippen LogP contribution is -2.45. The van der Waals surface area contributed by atoms with Gasteiger partial charge in [-0.3, -0.25) is 4.90 Å². The van der Waals surface area contributed by atoms with Gasteiger partial charge >= 0.3 is 0 Å². The van der Waals surface area contributed by atoms with E-state index in [2.05, 4.69) is 16.3 Å². The second-order valence-corrected chi connectivity index (χ2v) is 5.19. The topological polar surface area (TPSA) is 54.0 Å². The molecule has 0 amide bonds. The molecule has 0 bridgehead atoms. The predicted octanol–water partition coefficient (Wildman–Crippen LogP) is 1.21. The molecule has 1 fully saturated rings. The normalized spacial score (nSPS) is 19.7. The maximum absolute atomic E-state index is 9.42. The van der Waals surface area contributed by atoms with Gasteiger partial charge in [-0.1, -0.05) is 12.1 Å². The van der Waals surface area contributed by atoms with E-state index in [0.717, 1.165) is 49.7 Å². The minimum absolute atomic E-state index is 0. The zero-order chi connectivity index (χ0) is 13.8. The van der Waals surface area contributed by atoms with Crippen molar-refractivity contribution in [3.05, 3.63) is 23.8 Å². The second-order valence-electron chi connectivity index (χ2n) is 5.19. The molecule has 0 aliphatic carbocycles. The van der Waals surface area contributed by atoms with Gasteiger partial charge < -0.3 is 19.9 Å². The van der Waals surface area contributed by atoms with Crippen molar-refractivity contribution in [2.75, 3.05) is 46.0 Å². The van der Waals surface area contributed by atoms with Crippen molar-refractivity contribution in [1.29, 1.82) is 0 Å². The van der Waals surface area contributed by atoms with Gasteiger partial charge in [0, 0.05) is 44.4 Å². The number of piperazine rings is 1. The molecular formula is C15H23ClN2O3. The standard InChI is InChI=1S/C15H22N2O3.ClH/c18-9-4-13(17-7-5-16-6-8-17)12-2-1-3-14-15(12)20-11-10-19-14;/h1-3,13,16,18H,4-11H2;1H/t13-;/m0./s1. The summed E-state index contributed by atoms with van der Waals surface area (Å²) in [5, 5.41) is 12.8. The van der Waals surface area contributed by atoms with E-state index < -0.39 is 0 Å². The number of benzene rings is 1. The number of nitrogens with zero attached hydrogens (tertiary/aromatic N) is 1. The molecule has 1 atom stereocenters. The first-order valence-corrected chi connectivity index (χ1v) is 7.34. The Labute approximate surface area is 131 Å². The third-order valence-electron chi connectivity index (χ3n) is 3.95. The zero-order valence-electron chi connectivity index (χ0n) is 12.1. The van der Waals surface area contributed by atoms with Crippen molar-refractivity contribution in [1.82, 2.24) is 10.2 Å². The Morgan fingerprint density at radius 1 is 1.19 bits per heavy atom. The molecule has 1 aromatic carbocycles. The van der Waals surface area contributed by atoms with Crippen molar-refractivity contribution in [2.24, 2.45) is 0 Å². The number of aliphatic hydroxyl groups excluding tert-OH is 1. The number of hydrogen-bond donors (Lipinski definition) is 2. The number of para-hydroxylation sites is 1. The number of ether oxygens (including phenoxy) is 2. The molecule has 0 saturated carbocycles. The summed E-state index contributed by atoms with van der Waals surface area (Å²) in [5.74, 6) is 1.68. The lowest BCUT2D eigenvalue weighted by molar-refractivity contribution is 0.129. The van der Waals surface area contributed by atoms with E-state index in [4.69, 9.17) is 9.47 Å². The van der Waals surface area contributed by atoms with Crippen LogP contribution >= 0.6 is 12.4 Å². The van der Waals surface area contributed by atoms with Gasteiger partial charge in [-0.15, -0.1) is 12.4 Å². The molecule has 0 unspecified atom stereocenters. The van der Waals surface area contributed by atoms with E-state index in [9.17, 15) is 5.11 Å². The zero-order valence-corrected chi connectivity index (χ0v) is 12.9. The number of halogens is 1. The van der Waals surface area contributed by atoms with Gasteiger partial charge in [0.15, 0.2) is 11.5 Å². The van der Waals surface area contributed by atoms with Crippen LogP contribution in [0.2, 0.25) is 0 Å². The largest absolute Gasteiger partial charge is 0.486 e. The fourth-order valence-corrected chi connectivity index (χ4v) is 3.01.